The predicted octanol–water partition coefficient (Wildman–Crippen LogP) is 4.44. The number of benzene rings is 2. The summed E-state index contributed by atoms with van der Waals surface area (Å²) in [6.45, 7) is 7.36. The zero-order valence-corrected chi connectivity index (χ0v) is 17.4. The van der Waals surface area contributed by atoms with Crippen LogP contribution < -0.4 is 10.6 Å². The van der Waals surface area contributed by atoms with Crippen molar-refractivity contribution in [1.29, 1.82) is 5.41 Å². The van der Waals surface area contributed by atoms with Gasteiger partial charge in [-0.05, 0) is 49.8 Å². The highest BCUT2D eigenvalue weighted by Crippen LogP contribution is 2.22. The minimum absolute atomic E-state index is 0.234. The lowest BCUT2D eigenvalue weighted by atomic mass is 10.1. The normalized spacial score (nSPS) is 12.9. The Morgan fingerprint density at radius 3 is 2.37 bits per heavy atom. The molecule has 0 saturated carbocycles. The molecule has 2 amide bonds. The molecule has 3 rings (SSSR count). The summed E-state index contributed by atoms with van der Waals surface area (Å²) in [5.74, 6) is -0.318. The van der Waals surface area contributed by atoms with E-state index in [0.29, 0.717) is 27.8 Å². The summed E-state index contributed by atoms with van der Waals surface area (Å²) in [7, 11) is 0. The van der Waals surface area contributed by atoms with Gasteiger partial charge in [-0.1, -0.05) is 36.4 Å². The van der Waals surface area contributed by atoms with Crippen molar-refractivity contribution in [2.45, 2.75) is 13.3 Å². The number of carbonyl (C=O) groups is 2. The molecule has 1 saturated heterocycles. The second-order valence-corrected chi connectivity index (χ2v) is 7.33. The lowest BCUT2D eigenvalue weighted by molar-refractivity contribution is 0.0968. The number of hydrogen-bond acceptors (Lipinski definition) is 3. The molecule has 0 bridgehead atoms. The van der Waals surface area contributed by atoms with E-state index in [1.807, 2.05) is 11.8 Å². The van der Waals surface area contributed by atoms with Crippen LogP contribution in [0.5, 0.6) is 0 Å². The Labute approximate surface area is 180 Å². The molecule has 2 aromatic carbocycles. The molecule has 6 nitrogen and oxygen atoms in total. The van der Waals surface area contributed by atoms with Crippen LogP contribution in [0.2, 0.25) is 5.02 Å². The van der Waals surface area contributed by atoms with Gasteiger partial charge in [0.1, 0.15) is 5.84 Å². The van der Waals surface area contributed by atoms with Crippen molar-refractivity contribution in [2.24, 2.45) is 0 Å². The van der Waals surface area contributed by atoms with E-state index >= 15 is 0 Å². The van der Waals surface area contributed by atoms with E-state index in [9.17, 15) is 9.59 Å². The molecule has 1 heterocycles. The third-order valence-electron chi connectivity index (χ3n) is 4.71. The summed E-state index contributed by atoms with van der Waals surface area (Å²) in [6, 6.07) is 11.5. The molecule has 1 aliphatic rings. The minimum atomic E-state index is -0.422. The largest absolute Gasteiger partial charge is 0.356 e. The maximum atomic E-state index is 12.7. The third-order valence-corrected chi connectivity index (χ3v) is 4.94. The van der Waals surface area contributed by atoms with Crippen molar-refractivity contribution in [1.82, 2.24) is 10.2 Å². The number of anilines is 1. The molecule has 1 fully saturated rings. The molecule has 0 radical (unpaired) electrons. The molecule has 0 unspecified atom stereocenters. The first kappa shape index (κ1) is 21.3. The standard InChI is InChI=1S/C23H23ClN4O2/c1-3-5-15(2)26-23(30)19-14-18(24)10-11-20(19)27-22(29)17-8-6-16(7-9-17)21(25)28-12-4-13-28/h3,5-11,14,25H,2,4,12-13H2,1H3,(H,26,30)(H,27,29)/b5-3-,25-21?. The second kappa shape index (κ2) is 9.41. The fourth-order valence-electron chi connectivity index (χ4n) is 2.97. The third kappa shape index (κ3) is 4.96. The maximum Gasteiger partial charge on any atom is 0.257 e. The van der Waals surface area contributed by atoms with Gasteiger partial charge in [0.15, 0.2) is 0 Å². The molecular weight excluding hydrogens is 400 g/mol. The molecule has 7 heteroatoms. The zero-order chi connectivity index (χ0) is 21.7. The van der Waals surface area contributed by atoms with Crippen molar-refractivity contribution < 1.29 is 9.59 Å². The van der Waals surface area contributed by atoms with Gasteiger partial charge >= 0.3 is 0 Å². The Balaban J connectivity index is 1.75. The monoisotopic (exact) mass is 422 g/mol. The Kier molecular flexibility index (Phi) is 6.69. The van der Waals surface area contributed by atoms with E-state index < -0.39 is 5.91 Å². The Hall–Kier alpha value is -3.38. The first-order valence-electron chi connectivity index (χ1n) is 9.57. The molecule has 30 heavy (non-hydrogen) atoms. The van der Waals surface area contributed by atoms with Crippen molar-refractivity contribution >= 4 is 34.9 Å². The summed E-state index contributed by atoms with van der Waals surface area (Å²) in [4.78, 5) is 27.3. The van der Waals surface area contributed by atoms with Crippen LogP contribution in [-0.2, 0) is 0 Å². The highest BCUT2D eigenvalue weighted by atomic mass is 35.5. The van der Waals surface area contributed by atoms with Gasteiger partial charge in [-0.2, -0.15) is 0 Å². The van der Waals surface area contributed by atoms with E-state index in [-0.39, 0.29) is 11.5 Å². The number of amides is 2. The quantitative estimate of drug-likeness (QED) is 0.365. The number of allylic oxidation sites excluding steroid dienone is 2. The number of amidine groups is 1. The summed E-state index contributed by atoms with van der Waals surface area (Å²) in [6.07, 6.45) is 4.52. The summed E-state index contributed by atoms with van der Waals surface area (Å²) < 4.78 is 0. The van der Waals surface area contributed by atoms with E-state index in [1.165, 1.54) is 6.07 Å². The van der Waals surface area contributed by atoms with Crippen molar-refractivity contribution in [3.05, 3.63) is 88.6 Å². The molecule has 0 atom stereocenters. The van der Waals surface area contributed by atoms with Gasteiger partial charge in [-0.25, -0.2) is 0 Å². The summed E-state index contributed by atoms with van der Waals surface area (Å²) in [5.41, 5.74) is 2.19. The van der Waals surface area contributed by atoms with Gasteiger partial charge in [-0.15, -0.1) is 0 Å². The average molecular weight is 423 g/mol. The number of nitrogens with zero attached hydrogens (tertiary/aromatic N) is 1. The van der Waals surface area contributed by atoms with Gasteiger partial charge in [-0.3, -0.25) is 15.0 Å². The van der Waals surface area contributed by atoms with Crippen molar-refractivity contribution in [2.75, 3.05) is 18.4 Å². The van der Waals surface area contributed by atoms with E-state index in [4.69, 9.17) is 17.0 Å². The van der Waals surface area contributed by atoms with Gasteiger partial charge in [0, 0.05) is 34.9 Å². The zero-order valence-electron chi connectivity index (χ0n) is 16.7. The Morgan fingerprint density at radius 1 is 1.10 bits per heavy atom. The molecule has 0 aliphatic carbocycles. The van der Waals surface area contributed by atoms with Crippen LogP contribution in [0.15, 0.2) is 66.9 Å². The van der Waals surface area contributed by atoms with Gasteiger partial charge in [0.05, 0.1) is 11.3 Å². The summed E-state index contributed by atoms with van der Waals surface area (Å²) in [5, 5.41) is 14.0. The number of likely N-dealkylation sites (tertiary alicyclic amines) is 1. The first-order chi connectivity index (χ1) is 14.4. The van der Waals surface area contributed by atoms with Crippen LogP contribution in [-0.4, -0.2) is 35.6 Å². The fraction of sp³-hybridized carbons (Fsp3) is 0.174. The lowest BCUT2D eigenvalue weighted by Crippen LogP contribution is -2.42. The number of halogens is 1. The predicted molar refractivity (Wildman–Crippen MR) is 120 cm³/mol. The summed E-state index contributed by atoms with van der Waals surface area (Å²) >= 11 is 6.05. The number of hydrogen-bond donors (Lipinski definition) is 3. The minimum Gasteiger partial charge on any atom is -0.356 e. The first-order valence-corrected chi connectivity index (χ1v) is 9.94. The smallest absolute Gasteiger partial charge is 0.257 e. The highest BCUT2D eigenvalue weighted by molar-refractivity contribution is 6.31. The van der Waals surface area contributed by atoms with Gasteiger partial charge in [0.2, 0.25) is 0 Å². The molecular formula is C23H23ClN4O2. The SMILES string of the molecule is C=C(/C=C\C)NC(=O)c1cc(Cl)ccc1NC(=O)c1ccc(C(=N)N2CCC2)cc1. The fourth-order valence-corrected chi connectivity index (χ4v) is 3.14. The van der Waals surface area contributed by atoms with Crippen molar-refractivity contribution in [3.8, 4) is 0 Å². The van der Waals surface area contributed by atoms with E-state index in [1.54, 1.807) is 48.6 Å². The highest BCUT2D eigenvalue weighted by Gasteiger charge is 2.19. The topological polar surface area (TPSA) is 85.3 Å². The number of carbonyl (C=O) groups excluding carboxylic acids is 2. The molecule has 2 aromatic rings. The number of rotatable bonds is 6. The second-order valence-electron chi connectivity index (χ2n) is 6.89. The average Bonchev–Trinajstić information content (AvgIpc) is 2.68. The van der Waals surface area contributed by atoms with Crippen LogP contribution in [0.4, 0.5) is 5.69 Å². The molecule has 0 spiro atoms. The lowest BCUT2D eigenvalue weighted by Gasteiger charge is -2.33. The van der Waals surface area contributed by atoms with Gasteiger partial charge < -0.3 is 15.5 Å². The maximum absolute atomic E-state index is 12.7. The van der Waals surface area contributed by atoms with Crippen LogP contribution in [0.1, 0.15) is 39.6 Å². The Bertz CT molecular complexity index is 1020. The van der Waals surface area contributed by atoms with Crippen LogP contribution in [0, 0.1) is 5.41 Å². The molecule has 154 valence electrons. The van der Waals surface area contributed by atoms with Crippen LogP contribution >= 0.6 is 11.6 Å². The van der Waals surface area contributed by atoms with E-state index in [2.05, 4.69) is 17.2 Å². The molecule has 1 aliphatic heterocycles. The van der Waals surface area contributed by atoms with E-state index in [0.717, 1.165) is 25.1 Å². The van der Waals surface area contributed by atoms with Crippen molar-refractivity contribution in [3.63, 3.8) is 0 Å². The number of nitrogens with one attached hydrogen (secondary N) is 3. The molecule has 3 N–H and O–H groups in total. The van der Waals surface area contributed by atoms with Gasteiger partial charge in [0.25, 0.3) is 11.8 Å². The van der Waals surface area contributed by atoms with Crippen LogP contribution in [0.3, 0.4) is 0 Å². The Morgan fingerprint density at radius 2 is 1.77 bits per heavy atom. The van der Waals surface area contributed by atoms with Crippen LogP contribution in [0.25, 0.3) is 0 Å². The molecule has 0 aromatic heterocycles.